The first kappa shape index (κ1) is 7.91. The third kappa shape index (κ3) is 2.11. The number of rotatable bonds is 3. The number of aryl methyl sites for hydroxylation is 2. The third-order valence-corrected chi connectivity index (χ3v) is 1.72. The molecule has 66 valence electrons. The van der Waals surface area contributed by atoms with Gasteiger partial charge in [-0.25, -0.2) is 15.0 Å². The van der Waals surface area contributed by atoms with E-state index in [4.69, 9.17) is 4.42 Å². The van der Waals surface area contributed by atoms with E-state index in [1.807, 2.05) is 12.1 Å². The molecule has 4 heteroatoms. The maximum absolute atomic E-state index is 5.18. The van der Waals surface area contributed by atoms with E-state index in [-0.39, 0.29) is 0 Å². The highest BCUT2D eigenvalue weighted by molar-refractivity contribution is 5.00. The zero-order chi connectivity index (χ0) is 8.93. The molecule has 2 aromatic rings. The Morgan fingerprint density at radius 3 is 2.69 bits per heavy atom. The van der Waals surface area contributed by atoms with Crippen molar-refractivity contribution in [1.29, 1.82) is 0 Å². The standard InChI is InChI=1S/C9H9N3O/c1-2-8(13-5-1)3-4-9-11-6-10-7-12-9/h1-2,5-7H,3-4H2. The molecule has 0 bridgehead atoms. The van der Waals surface area contributed by atoms with Gasteiger partial charge in [0.05, 0.1) is 6.26 Å². The van der Waals surface area contributed by atoms with Crippen molar-refractivity contribution < 1.29 is 4.42 Å². The Hall–Kier alpha value is -1.71. The van der Waals surface area contributed by atoms with Crippen LogP contribution in [0.15, 0.2) is 35.5 Å². The molecular formula is C9H9N3O. The Bertz CT molecular complexity index is 344. The van der Waals surface area contributed by atoms with E-state index in [2.05, 4.69) is 15.0 Å². The van der Waals surface area contributed by atoms with E-state index < -0.39 is 0 Å². The van der Waals surface area contributed by atoms with Crippen LogP contribution in [-0.4, -0.2) is 15.0 Å². The lowest BCUT2D eigenvalue weighted by Crippen LogP contribution is -1.96. The van der Waals surface area contributed by atoms with Crippen molar-refractivity contribution in [3.8, 4) is 0 Å². The average molecular weight is 175 g/mol. The van der Waals surface area contributed by atoms with Crippen LogP contribution in [-0.2, 0) is 12.8 Å². The van der Waals surface area contributed by atoms with Crippen molar-refractivity contribution in [3.05, 3.63) is 42.6 Å². The molecule has 0 aromatic carbocycles. The second-order valence-corrected chi connectivity index (χ2v) is 2.63. The van der Waals surface area contributed by atoms with Crippen LogP contribution in [0.25, 0.3) is 0 Å². The molecule has 0 amide bonds. The molecule has 0 N–H and O–H groups in total. The van der Waals surface area contributed by atoms with Gasteiger partial charge in [0.2, 0.25) is 0 Å². The van der Waals surface area contributed by atoms with Gasteiger partial charge in [0, 0.05) is 12.8 Å². The van der Waals surface area contributed by atoms with E-state index in [0.29, 0.717) is 0 Å². The molecule has 4 nitrogen and oxygen atoms in total. The van der Waals surface area contributed by atoms with Crippen LogP contribution < -0.4 is 0 Å². The molecule has 0 radical (unpaired) electrons. The minimum absolute atomic E-state index is 0.788. The first-order chi connectivity index (χ1) is 6.45. The highest BCUT2D eigenvalue weighted by atomic mass is 16.3. The van der Waals surface area contributed by atoms with Crippen LogP contribution in [0.3, 0.4) is 0 Å². The summed E-state index contributed by atoms with van der Waals surface area (Å²) in [4.78, 5) is 11.8. The van der Waals surface area contributed by atoms with Crippen LogP contribution in [0.4, 0.5) is 0 Å². The van der Waals surface area contributed by atoms with Crippen molar-refractivity contribution >= 4 is 0 Å². The van der Waals surface area contributed by atoms with E-state index in [0.717, 1.165) is 24.4 Å². The lowest BCUT2D eigenvalue weighted by Gasteiger charge is -1.95. The van der Waals surface area contributed by atoms with Gasteiger partial charge in [-0.1, -0.05) is 0 Å². The second kappa shape index (κ2) is 3.80. The normalized spacial score (nSPS) is 10.2. The molecule has 2 heterocycles. The summed E-state index contributed by atoms with van der Waals surface area (Å²) in [6.45, 7) is 0. The van der Waals surface area contributed by atoms with Crippen LogP contribution in [0.2, 0.25) is 0 Å². The van der Waals surface area contributed by atoms with Crippen LogP contribution in [0.5, 0.6) is 0 Å². The molecule has 0 saturated carbocycles. The van der Waals surface area contributed by atoms with Crippen molar-refractivity contribution in [2.75, 3.05) is 0 Å². The molecular weight excluding hydrogens is 166 g/mol. The third-order valence-electron chi connectivity index (χ3n) is 1.72. The van der Waals surface area contributed by atoms with Gasteiger partial charge in [0.25, 0.3) is 0 Å². The van der Waals surface area contributed by atoms with E-state index in [9.17, 15) is 0 Å². The molecule has 13 heavy (non-hydrogen) atoms. The number of hydrogen-bond acceptors (Lipinski definition) is 4. The average Bonchev–Trinajstić information content (AvgIpc) is 2.69. The fourth-order valence-corrected chi connectivity index (χ4v) is 1.08. The van der Waals surface area contributed by atoms with Crippen molar-refractivity contribution in [2.45, 2.75) is 12.8 Å². The smallest absolute Gasteiger partial charge is 0.132 e. The Kier molecular flexibility index (Phi) is 2.31. The van der Waals surface area contributed by atoms with Crippen molar-refractivity contribution in [3.63, 3.8) is 0 Å². The SMILES string of the molecule is c1coc(CCc2ncncn2)c1. The quantitative estimate of drug-likeness (QED) is 0.704. The van der Waals surface area contributed by atoms with E-state index in [1.165, 1.54) is 12.7 Å². The molecule has 0 aliphatic carbocycles. The van der Waals surface area contributed by atoms with Gasteiger partial charge in [0.15, 0.2) is 0 Å². The first-order valence-corrected chi connectivity index (χ1v) is 4.08. The maximum Gasteiger partial charge on any atom is 0.132 e. The lowest BCUT2D eigenvalue weighted by atomic mass is 10.2. The molecule has 0 atom stereocenters. The van der Waals surface area contributed by atoms with Gasteiger partial charge in [-0.05, 0) is 12.1 Å². The summed E-state index contributed by atoms with van der Waals surface area (Å²) in [5.74, 6) is 1.76. The fraction of sp³-hybridized carbons (Fsp3) is 0.222. The summed E-state index contributed by atoms with van der Waals surface area (Å²) < 4.78 is 5.18. The minimum atomic E-state index is 0.788. The van der Waals surface area contributed by atoms with Crippen LogP contribution in [0.1, 0.15) is 11.6 Å². The predicted octanol–water partition coefficient (Wildman–Crippen LogP) is 1.25. The maximum atomic E-state index is 5.18. The van der Waals surface area contributed by atoms with E-state index >= 15 is 0 Å². The highest BCUT2D eigenvalue weighted by Gasteiger charge is 1.98. The Morgan fingerprint density at radius 1 is 1.15 bits per heavy atom. The van der Waals surface area contributed by atoms with Crippen LogP contribution in [0, 0.1) is 0 Å². The van der Waals surface area contributed by atoms with Gasteiger partial charge in [0.1, 0.15) is 24.2 Å². The second-order valence-electron chi connectivity index (χ2n) is 2.63. The first-order valence-electron chi connectivity index (χ1n) is 4.08. The molecule has 0 aliphatic heterocycles. The molecule has 0 aliphatic rings. The zero-order valence-corrected chi connectivity index (χ0v) is 7.05. The van der Waals surface area contributed by atoms with E-state index in [1.54, 1.807) is 6.26 Å². The fourth-order valence-electron chi connectivity index (χ4n) is 1.08. The molecule has 0 fully saturated rings. The number of hydrogen-bond donors (Lipinski definition) is 0. The van der Waals surface area contributed by atoms with Gasteiger partial charge in [-0.3, -0.25) is 0 Å². The molecule has 2 rings (SSSR count). The zero-order valence-electron chi connectivity index (χ0n) is 7.05. The molecule has 0 spiro atoms. The van der Waals surface area contributed by atoms with Gasteiger partial charge in [-0.15, -0.1) is 0 Å². The summed E-state index contributed by atoms with van der Waals surface area (Å²) in [5, 5.41) is 0. The minimum Gasteiger partial charge on any atom is -0.469 e. The number of nitrogens with zero attached hydrogens (tertiary/aromatic N) is 3. The van der Waals surface area contributed by atoms with Gasteiger partial charge in [-0.2, -0.15) is 0 Å². The van der Waals surface area contributed by atoms with Crippen LogP contribution >= 0.6 is 0 Å². The largest absolute Gasteiger partial charge is 0.469 e. The predicted molar refractivity (Wildman–Crippen MR) is 45.9 cm³/mol. The summed E-state index contributed by atoms with van der Waals surface area (Å²) in [5.41, 5.74) is 0. The Balaban J connectivity index is 1.94. The highest BCUT2D eigenvalue weighted by Crippen LogP contribution is 2.03. The summed E-state index contributed by atoms with van der Waals surface area (Å²) in [6.07, 6.45) is 6.30. The monoisotopic (exact) mass is 175 g/mol. The van der Waals surface area contributed by atoms with Crippen molar-refractivity contribution in [1.82, 2.24) is 15.0 Å². The summed E-state index contributed by atoms with van der Waals surface area (Å²) in [7, 11) is 0. The number of furan rings is 1. The Morgan fingerprint density at radius 2 is 2.00 bits per heavy atom. The summed E-state index contributed by atoms with van der Waals surface area (Å²) >= 11 is 0. The lowest BCUT2D eigenvalue weighted by molar-refractivity contribution is 0.506. The molecule has 2 aromatic heterocycles. The topological polar surface area (TPSA) is 51.8 Å². The number of aromatic nitrogens is 3. The van der Waals surface area contributed by atoms with Gasteiger partial charge < -0.3 is 4.42 Å². The van der Waals surface area contributed by atoms with Gasteiger partial charge >= 0.3 is 0 Å². The van der Waals surface area contributed by atoms with Crippen molar-refractivity contribution in [2.24, 2.45) is 0 Å². The Labute approximate surface area is 75.7 Å². The molecule has 0 saturated heterocycles. The molecule has 0 unspecified atom stereocenters. The summed E-state index contributed by atoms with van der Waals surface area (Å²) in [6, 6.07) is 3.82.